The SMILES string of the molecule is CN1CCC(CCC(=O)c2ccc(N3[C@@H]4CC[C@H]3CC(NC(=O)O)C4)nc2)CC1. The molecule has 1 aromatic heterocycles. The second-order valence-corrected chi connectivity index (χ2v) is 9.02. The van der Waals surface area contributed by atoms with E-state index in [1.807, 2.05) is 12.1 Å². The first-order valence-electron chi connectivity index (χ1n) is 10.9. The number of piperidine rings is 2. The monoisotopic (exact) mass is 400 g/mol. The summed E-state index contributed by atoms with van der Waals surface area (Å²) in [5.74, 6) is 1.77. The van der Waals surface area contributed by atoms with Gasteiger partial charge in [-0.05, 0) is 83.1 Å². The van der Waals surface area contributed by atoms with Crippen molar-refractivity contribution in [1.29, 1.82) is 0 Å². The van der Waals surface area contributed by atoms with Gasteiger partial charge < -0.3 is 20.2 Å². The zero-order valence-electron chi connectivity index (χ0n) is 17.2. The van der Waals surface area contributed by atoms with Crippen LogP contribution in [0.3, 0.4) is 0 Å². The Hall–Kier alpha value is -2.15. The van der Waals surface area contributed by atoms with Crippen LogP contribution in [0, 0.1) is 5.92 Å². The lowest BCUT2D eigenvalue weighted by Crippen LogP contribution is -2.50. The highest BCUT2D eigenvalue weighted by molar-refractivity contribution is 5.95. The van der Waals surface area contributed by atoms with Crippen LogP contribution in [0.15, 0.2) is 18.3 Å². The first-order valence-corrected chi connectivity index (χ1v) is 10.9. The molecule has 3 fully saturated rings. The second-order valence-electron chi connectivity index (χ2n) is 9.02. The molecular formula is C22H32N4O3. The summed E-state index contributed by atoms with van der Waals surface area (Å²) in [4.78, 5) is 32.9. The third kappa shape index (κ3) is 4.71. The van der Waals surface area contributed by atoms with Crippen LogP contribution < -0.4 is 10.2 Å². The molecule has 3 aliphatic rings. The largest absolute Gasteiger partial charge is 0.465 e. The molecule has 1 amide bonds. The highest BCUT2D eigenvalue weighted by atomic mass is 16.4. The van der Waals surface area contributed by atoms with Gasteiger partial charge in [0.15, 0.2) is 5.78 Å². The van der Waals surface area contributed by atoms with Crippen LogP contribution in [0.5, 0.6) is 0 Å². The number of Topliss-reactive ketones (excluding diaryl/α,β-unsaturated/α-hetero) is 1. The molecular weight excluding hydrogens is 368 g/mol. The minimum atomic E-state index is -0.941. The Kier molecular flexibility index (Phi) is 6.04. The number of ketones is 1. The van der Waals surface area contributed by atoms with Crippen LogP contribution in [-0.4, -0.2) is 65.1 Å². The van der Waals surface area contributed by atoms with Gasteiger partial charge in [0.1, 0.15) is 5.82 Å². The van der Waals surface area contributed by atoms with Gasteiger partial charge in [-0.1, -0.05) is 0 Å². The minimum Gasteiger partial charge on any atom is -0.465 e. The van der Waals surface area contributed by atoms with Crippen LogP contribution in [-0.2, 0) is 0 Å². The third-order valence-corrected chi connectivity index (χ3v) is 7.01. The van der Waals surface area contributed by atoms with E-state index in [9.17, 15) is 9.59 Å². The van der Waals surface area contributed by atoms with Crippen molar-refractivity contribution < 1.29 is 14.7 Å². The standard InChI is InChI=1S/C22H32N4O3/c1-25-10-8-15(9-11-25)2-6-20(27)16-3-7-21(23-14-16)26-18-4-5-19(26)13-17(12-18)24-22(28)29/h3,7,14-15,17-19,24H,2,4-6,8-13H2,1H3,(H,28,29)/t17?,18-,19+. The number of rotatable bonds is 6. The number of nitrogens with one attached hydrogen (secondary N) is 1. The number of anilines is 1. The maximum absolute atomic E-state index is 12.6. The van der Waals surface area contributed by atoms with Gasteiger partial charge in [-0.2, -0.15) is 0 Å². The van der Waals surface area contributed by atoms with Crippen molar-refractivity contribution >= 4 is 17.7 Å². The van der Waals surface area contributed by atoms with Gasteiger partial charge in [-0.3, -0.25) is 4.79 Å². The van der Waals surface area contributed by atoms with Gasteiger partial charge in [0.2, 0.25) is 0 Å². The Morgan fingerprint density at radius 1 is 1.14 bits per heavy atom. The number of pyridine rings is 1. The summed E-state index contributed by atoms with van der Waals surface area (Å²) in [6, 6.07) is 4.56. The van der Waals surface area contributed by atoms with E-state index in [4.69, 9.17) is 5.11 Å². The summed E-state index contributed by atoms with van der Waals surface area (Å²) < 4.78 is 0. The number of carbonyl (C=O) groups is 2. The van der Waals surface area contributed by atoms with Crippen molar-refractivity contribution in [2.45, 2.75) is 69.5 Å². The number of likely N-dealkylation sites (tertiary alicyclic amines) is 1. The van der Waals surface area contributed by atoms with Crippen molar-refractivity contribution in [1.82, 2.24) is 15.2 Å². The van der Waals surface area contributed by atoms with Gasteiger partial charge in [-0.25, -0.2) is 9.78 Å². The quantitative estimate of drug-likeness (QED) is 0.714. The zero-order valence-corrected chi connectivity index (χ0v) is 17.2. The first kappa shape index (κ1) is 20.1. The molecule has 0 saturated carbocycles. The molecule has 29 heavy (non-hydrogen) atoms. The van der Waals surface area contributed by atoms with E-state index >= 15 is 0 Å². The van der Waals surface area contributed by atoms with Crippen molar-refractivity contribution in [2.24, 2.45) is 5.92 Å². The lowest BCUT2D eigenvalue weighted by Gasteiger charge is -2.39. The van der Waals surface area contributed by atoms with E-state index in [0.717, 1.165) is 51.0 Å². The molecule has 0 aromatic carbocycles. The Labute approximate surface area is 172 Å². The van der Waals surface area contributed by atoms with Crippen LogP contribution in [0.25, 0.3) is 0 Å². The Balaban J connectivity index is 1.32. The Morgan fingerprint density at radius 2 is 1.83 bits per heavy atom. The average molecular weight is 401 g/mol. The lowest BCUT2D eigenvalue weighted by atomic mass is 9.91. The second kappa shape index (κ2) is 8.69. The van der Waals surface area contributed by atoms with Crippen LogP contribution in [0.4, 0.5) is 10.6 Å². The van der Waals surface area contributed by atoms with E-state index < -0.39 is 6.09 Å². The fourth-order valence-electron chi connectivity index (χ4n) is 5.38. The van der Waals surface area contributed by atoms with E-state index in [1.165, 1.54) is 12.8 Å². The predicted molar refractivity (Wildman–Crippen MR) is 111 cm³/mol. The maximum atomic E-state index is 12.6. The molecule has 2 bridgehead atoms. The third-order valence-electron chi connectivity index (χ3n) is 7.01. The Morgan fingerprint density at radius 3 is 2.41 bits per heavy atom. The molecule has 0 radical (unpaired) electrons. The van der Waals surface area contributed by atoms with Gasteiger partial charge in [0.25, 0.3) is 0 Å². The molecule has 0 spiro atoms. The van der Waals surface area contributed by atoms with Crippen molar-refractivity contribution in [3.63, 3.8) is 0 Å². The molecule has 1 unspecified atom stereocenters. The maximum Gasteiger partial charge on any atom is 0.404 e. The van der Waals surface area contributed by atoms with Crippen molar-refractivity contribution in [2.75, 3.05) is 25.0 Å². The normalized spacial score (nSPS) is 27.8. The fraction of sp³-hybridized carbons (Fsp3) is 0.682. The van der Waals surface area contributed by atoms with Crippen molar-refractivity contribution in [3.8, 4) is 0 Å². The number of hydrogen-bond donors (Lipinski definition) is 2. The number of fused-ring (bicyclic) bond motifs is 2. The number of carboxylic acid groups (broad SMARTS) is 1. The van der Waals surface area contributed by atoms with Crippen LogP contribution in [0.1, 0.15) is 61.7 Å². The summed E-state index contributed by atoms with van der Waals surface area (Å²) in [5, 5.41) is 11.6. The molecule has 1 aromatic rings. The zero-order chi connectivity index (χ0) is 20.4. The van der Waals surface area contributed by atoms with E-state index in [0.29, 0.717) is 30.0 Å². The molecule has 2 N–H and O–H groups in total. The molecule has 158 valence electrons. The summed E-state index contributed by atoms with van der Waals surface area (Å²) in [7, 11) is 2.16. The summed E-state index contributed by atoms with van der Waals surface area (Å²) in [5.41, 5.74) is 0.705. The van der Waals surface area contributed by atoms with E-state index in [-0.39, 0.29) is 11.8 Å². The highest BCUT2D eigenvalue weighted by Gasteiger charge is 2.41. The van der Waals surface area contributed by atoms with E-state index in [2.05, 4.69) is 27.1 Å². The number of nitrogens with zero attached hydrogens (tertiary/aromatic N) is 3. The molecule has 7 nitrogen and oxygen atoms in total. The highest BCUT2D eigenvalue weighted by Crippen LogP contribution is 2.38. The predicted octanol–water partition coefficient (Wildman–Crippen LogP) is 3.15. The molecule has 4 rings (SSSR count). The van der Waals surface area contributed by atoms with Gasteiger partial charge in [-0.15, -0.1) is 0 Å². The summed E-state index contributed by atoms with van der Waals surface area (Å²) in [6.45, 7) is 2.27. The van der Waals surface area contributed by atoms with Crippen LogP contribution in [0.2, 0.25) is 0 Å². The number of carbonyl (C=O) groups excluding carboxylic acids is 1. The minimum absolute atomic E-state index is 0.0293. The topological polar surface area (TPSA) is 85.8 Å². The van der Waals surface area contributed by atoms with E-state index in [1.54, 1.807) is 6.20 Å². The fourth-order valence-corrected chi connectivity index (χ4v) is 5.38. The van der Waals surface area contributed by atoms with Crippen molar-refractivity contribution in [3.05, 3.63) is 23.9 Å². The smallest absolute Gasteiger partial charge is 0.404 e. The lowest BCUT2D eigenvalue weighted by molar-refractivity contribution is 0.0965. The van der Waals surface area contributed by atoms with Gasteiger partial charge >= 0.3 is 6.09 Å². The molecule has 3 aliphatic heterocycles. The molecule has 7 heteroatoms. The molecule has 3 saturated heterocycles. The number of aromatic nitrogens is 1. The molecule has 0 aliphatic carbocycles. The van der Waals surface area contributed by atoms with Gasteiger partial charge in [0, 0.05) is 36.3 Å². The number of amides is 1. The summed E-state index contributed by atoms with van der Waals surface area (Å²) in [6.07, 6.45) is 8.53. The average Bonchev–Trinajstić information content (AvgIpc) is 2.97. The number of hydrogen-bond acceptors (Lipinski definition) is 5. The van der Waals surface area contributed by atoms with Crippen LogP contribution >= 0.6 is 0 Å². The first-order chi connectivity index (χ1) is 14.0. The van der Waals surface area contributed by atoms with Gasteiger partial charge in [0.05, 0.1) is 0 Å². The summed E-state index contributed by atoms with van der Waals surface area (Å²) >= 11 is 0. The molecule has 3 atom stereocenters. The molecule has 4 heterocycles. The Bertz CT molecular complexity index is 716.